The van der Waals surface area contributed by atoms with Crippen LogP contribution >= 0.6 is 0 Å². The van der Waals surface area contributed by atoms with Gasteiger partial charge in [-0.1, -0.05) is 6.92 Å². The summed E-state index contributed by atoms with van der Waals surface area (Å²) in [7, 11) is 0. The topological polar surface area (TPSA) is 29.5 Å². The van der Waals surface area contributed by atoms with Gasteiger partial charge in [-0.2, -0.15) is 0 Å². The van der Waals surface area contributed by atoms with Crippen LogP contribution in [0.5, 0.6) is 0 Å². The van der Waals surface area contributed by atoms with Crippen LogP contribution in [-0.4, -0.2) is 10.9 Å². The first-order chi connectivity index (χ1) is 3.77. The molecule has 0 bridgehead atoms. The fourth-order valence-electron chi connectivity index (χ4n) is 0.683. The quantitative estimate of drug-likeness (QED) is 0.551. The molecule has 0 saturated carbocycles. The molecule has 0 fully saturated rings. The van der Waals surface area contributed by atoms with Gasteiger partial charge in [-0.05, 0) is 6.08 Å². The summed E-state index contributed by atoms with van der Waals surface area (Å²) in [6.07, 6.45) is 4.65. The van der Waals surface area contributed by atoms with Crippen LogP contribution in [0, 0.1) is 0 Å². The van der Waals surface area contributed by atoms with E-state index in [-0.39, 0.29) is 0 Å². The van der Waals surface area contributed by atoms with Gasteiger partial charge in [0.25, 0.3) is 0 Å². The van der Waals surface area contributed by atoms with Gasteiger partial charge in [-0.15, -0.1) is 0 Å². The third kappa shape index (κ3) is 0.842. The lowest BCUT2D eigenvalue weighted by atomic mass is 10.2. The van der Waals surface area contributed by atoms with Crippen molar-refractivity contribution in [2.24, 2.45) is 0 Å². The highest BCUT2D eigenvalue weighted by Gasteiger charge is 2.26. The van der Waals surface area contributed by atoms with Crippen molar-refractivity contribution >= 4 is 0 Å². The highest BCUT2D eigenvalue weighted by Crippen LogP contribution is 2.22. The Labute approximate surface area is 48.8 Å². The van der Waals surface area contributed by atoms with Crippen LogP contribution in [0.1, 0.15) is 19.8 Å². The molecule has 1 N–H and O–H groups in total. The van der Waals surface area contributed by atoms with E-state index in [4.69, 9.17) is 4.74 Å². The van der Waals surface area contributed by atoms with Gasteiger partial charge in [0.2, 0.25) is 5.79 Å². The first-order valence-electron chi connectivity index (χ1n) is 2.82. The lowest BCUT2D eigenvalue weighted by Gasteiger charge is -2.18. The molecule has 0 saturated heterocycles. The van der Waals surface area contributed by atoms with Crippen molar-refractivity contribution in [3.63, 3.8) is 0 Å². The number of aliphatic hydroxyl groups is 1. The van der Waals surface area contributed by atoms with Gasteiger partial charge >= 0.3 is 0 Å². The summed E-state index contributed by atoms with van der Waals surface area (Å²) in [5.41, 5.74) is 0. The molecule has 2 nitrogen and oxygen atoms in total. The predicted octanol–water partition coefficient (Wildman–Crippen LogP) is 1.02. The minimum atomic E-state index is -0.875. The highest BCUT2D eigenvalue weighted by molar-refractivity contribution is 4.90. The molecule has 1 aliphatic rings. The van der Waals surface area contributed by atoms with E-state index in [9.17, 15) is 5.11 Å². The first-order valence-corrected chi connectivity index (χ1v) is 2.82. The second kappa shape index (κ2) is 1.78. The molecule has 1 aliphatic heterocycles. The molecule has 0 radical (unpaired) electrons. The minimum absolute atomic E-state index is 0.628. The molecule has 8 heavy (non-hydrogen) atoms. The van der Waals surface area contributed by atoms with Crippen LogP contribution in [0.25, 0.3) is 0 Å². The molecule has 1 unspecified atom stereocenters. The first kappa shape index (κ1) is 5.63. The molecule has 0 aromatic carbocycles. The van der Waals surface area contributed by atoms with E-state index in [0.717, 1.165) is 0 Å². The van der Waals surface area contributed by atoms with E-state index in [2.05, 4.69) is 0 Å². The Kier molecular flexibility index (Phi) is 1.26. The van der Waals surface area contributed by atoms with Gasteiger partial charge in [-0.25, -0.2) is 0 Å². The van der Waals surface area contributed by atoms with E-state index in [1.165, 1.54) is 0 Å². The van der Waals surface area contributed by atoms with Crippen LogP contribution in [0.15, 0.2) is 12.3 Å². The summed E-state index contributed by atoms with van der Waals surface area (Å²) in [4.78, 5) is 0. The average Bonchev–Trinajstić information content (AvgIpc) is 2.17. The zero-order valence-corrected chi connectivity index (χ0v) is 4.92. The van der Waals surface area contributed by atoms with E-state index >= 15 is 0 Å². The minimum Gasteiger partial charge on any atom is -0.470 e. The van der Waals surface area contributed by atoms with Crippen molar-refractivity contribution in [2.75, 3.05) is 0 Å². The van der Waals surface area contributed by atoms with Crippen LogP contribution in [0.4, 0.5) is 0 Å². The molecule has 1 heterocycles. The van der Waals surface area contributed by atoms with Crippen molar-refractivity contribution in [3.8, 4) is 0 Å². The summed E-state index contributed by atoms with van der Waals surface area (Å²) in [6, 6.07) is 0. The van der Waals surface area contributed by atoms with Crippen molar-refractivity contribution in [3.05, 3.63) is 12.3 Å². The number of rotatable bonds is 1. The standard InChI is InChI=1S/C6H10O2/c1-2-6(7)4-3-5-8-6/h3,5,7H,2,4H2,1H3. The lowest BCUT2D eigenvalue weighted by molar-refractivity contribution is -0.152. The fourth-order valence-corrected chi connectivity index (χ4v) is 0.683. The highest BCUT2D eigenvalue weighted by atomic mass is 16.6. The number of ether oxygens (including phenoxy) is 1. The molecule has 46 valence electrons. The maximum atomic E-state index is 9.22. The molecule has 1 rings (SSSR count). The van der Waals surface area contributed by atoms with E-state index in [1.54, 1.807) is 6.26 Å². The van der Waals surface area contributed by atoms with Gasteiger partial charge in [0.15, 0.2) is 0 Å². The van der Waals surface area contributed by atoms with E-state index < -0.39 is 5.79 Å². The van der Waals surface area contributed by atoms with Crippen LogP contribution < -0.4 is 0 Å². The third-order valence-corrected chi connectivity index (χ3v) is 1.37. The van der Waals surface area contributed by atoms with Gasteiger partial charge in [0, 0.05) is 12.8 Å². The molecular weight excluding hydrogens is 104 g/mol. The van der Waals surface area contributed by atoms with Crippen LogP contribution in [-0.2, 0) is 4.74 Å². The van der Waals surface area contributed by atoms with Crippen molar-refractivity contribution in [1.29, 1.82) is 0 Å². The second-order valence-corrected chi connectivity index (χ2v) is 1.99. The zero-order valence-electron chi connectivity index (χ0n) is 4.92. The summed E-state index contributed by atoms with van der Waals surface area (Å²) < 4.78 is 4.86. The van der Waals surface area contributed by atoms with Gasteiger partial charge in [-0.3, -0.25) is 0 Å². The Morgan fingerprint density at radius 3 is 2.88 bits per heavy atom. The fraction of sp³-hybridized carbons (Fsp3) is 0.667. The Morgan fingerprint density at radius 2 is 2.62 bits per heavy atom. The number of hydrogen-bond donors (Lipinski definition) is 1. The second-order valence-electron chi connectivity index (χ2n) is 1.99. The van der Waals surface area contributed by atoms with E-state index in [1.807, 2.05) is 13.0 Å². The molecule has 2 heteroatoms. The number of hydrogen-bond acceptors (Lipinski definition) is 2. The molecule has 0 aliphatic carbocycles. The SMILES string of the molecule is CCC1(O)CC=CO1. The molecule has 0 amide bonds. The normalized spacial score (nSPS) is 35.2. The van der Waals surface area contributed by atoms with Crippen LogP contribution in [0.2, 0.25) is 0 Å². The van der Waals surface area contributed by atoms with Crippen molar-refractivity contribution in [1.82, 2.24) is 0 Å². The van der Waals surface area contributed by atoms with Gasteiger partial charge in [0.05, 0.1) is 6.26 Å². The molecule has 1 atom stereocenters. The monoisotopic (exact) mass is 114 g/mol. The molecule has 0 aromatic heterocycles. The van der Waals surface area contributed by atoms with Gasteiger partial charge < -0.3 is 9.84 Å². The zero-order chi connectivity index (χ0) is 6.04. The maximum Gasteiger partial charge on any atom is 0.210 e. The van der Waals surface area contributed by atoms with Crippen molar-refractivity contribution in [2.45, 2.75) is 25.6 Å². The lowest BCUT2D eigenvalue weighted by Crippen LogP contribution is -2.24. The Balaban J connectivity index is 2.46. The Morgan fingerprint density at radius 1 is 1.88 bits per heavy atom. The Bertz CT molecular complexity index is 99.1. The third-order valence-electron chi connectivity index (χ3n) is 1.37. The molecular formula is C6H10O2. The van der Waals surface area contributed by atoms with Crippen molar-refractivity contribution < 1.29 is 9.84 Å². The molecule has 0 aromatic rings. The summed E-state index contributed by atoms with van der Waals surface area (Å²) >= 11 is 0. The maximum absolute atomic E-state index is 9.22. The van der Waals surface area contributed by atoms with Crippen LogP contribution in [0.3, 0.4) is 0 Å². The summed E-state index contributed by atoms with van der Waals surface area (Å²) in [5, 5.41) is 9.22. The van der Waals surface area contributed by atoms with Gasteiger partial charge in [0.1, 0.15) is 0 Å². The average molecular weight is 114 g/mol. The van der Waals surface area contributed by atoms with E-state index in [0.29, 0.717) is 12.8 Å². The Hall–Kier alpha value is -0.500. The largest absolute Gasteiger partial charge is 0.470 e. The summed E-state index contributed by atoms with van der Waals surface area (Å²) in [5.74, 6) is -0.875. The molecule has 0 spiro atoms. The summed E-state index contributed by atoms with van der Waals surface area (Å²) in [6.45, 7) is 1.90. The smallest absolute Gasteiger partial charge is 0.210 e. The predicted molar refractivity (Wildman–Crippen MR) is 30.1 cm³/mol.